The third-order valence-electron chi connectivity index (χ3n) is 7.11. The van der Waals surface area contributed by atoms with Gasteiger partial charge in [-0.05, 0) is 61.6 Å². The van der Waals surface area contributed by atoms with E-state index in [1.807, 2.05) is 24.0 Å². The van der Waals surface area contributed by atoms with E-state index in [1.165, 1.54) is 0 Å². The summed E-state index contributed by atoms with van der Waals surface area (Å²) in [7, 11) is -0.168. The van der Waals surface area contributed by atoms with Crippen molar-refractivity contribution in [3.05, 3.63) is 40.8 Å². The molecule has 1 aliphatic rings. The molecule has 0 bridgehead atoms. The van der Waals surface area contributed by atoms with Gasteiger partial charge in [-0.1, -0.05) is 0 Å². The van der Waals surface area contributed by atoms with Gasteiger partial charge in [0, 0.05) is 55.3 Å². The Morgan fingerprint density at radius 1 is 1.16 bits per heavy atom. The molecule has 1 aliphatic heterocycles. The van der Waals surface area contributed by atoms with Crippen LogP contribution in [0.5, 0.6) is 5.88 Å². The first-order valence-electron chi connectivity index (χ1n) is 14.0. The van der Waals surface area contributed by atoms with Crippen molar-refractivity contribution in [1.29, 1.82) is 0 Å². The van der Waals surface area contributed by atoms with E-state index in [1.54, 1.807) is 38.6 Å². The third kappa shape index (κ3) is 6.61. The lowest BCUT2D eigenvalue weighted by molar-refractivity contribution is 0.400. The van der Waals surface area contributed by atoms with Crippen LogP contribution >= 0.6 is 15.9 Å². The Morgan fingerprint density at radius 2 is 1.93 bits per heavy atom. The maximum Gasteiger partial charge on any atom is 0.239 e. The Bertz CT molecular complexity index is 1910. The number of hydrogen-bond acceptors (Lipinski definition) is 12. The molecule has 1 aromatic carbocycles. The van der Waals surface area contributed by atoms with Gasteiger partial charge in [-0.2, -0.15) is 15.1 Å². The van der Waals surface area contributed by atoms with Crippen LogP contribution in [0.3, 0.4) is 0 Å². The van der Waals surface area contributed by atoms with Crippen molar-refractivity contribution < 1.29 is 13.2 Å². The van der Waals surface area contributed by atoms with Crippen molar-refractivity contribution >= 4 is 84.9 Å². The van der Waals surface area contributed by atoms with E-state index in [4.69, 9.17) is 9.72 Å². The first-order chi connectivity index (χ1) is 21.4. The number of anilines is 6. The van der Waals surface area contributed by atoms with Gasteiger partial charge in [0.2, 0.25) is 21.9 Å². The number of nitrogens with one attached hydrogen (secondary N) is 3. The van der Waals surface area contributed by atoms with Crippen LogP contribution in [-0.2, 0) is 23.5 Å². The summed E-state index contributed by atoms with van der Waals surface area (Å²) in [4.78, 5) is 24.6. The molecule has 0 unspecified atom stereocenters. The molecule has 0 atom stereocenters. The smallest absolute Gasteiger partial charge is 0.239 e. The summed E-state index contributed by atoms with van der Waals surface area (Å²) in [6, 6.07) is 5.54. The third-order valence-corrected chi connectivity index (χ3v) is 8.27. The van der Waals surface area contributed by atoms with E-state index < -0.39 is 10.0 Å². The highest BCUT2D eigenvalue weighted by Crippen LogP contribution is 2.44. The number of nitrogens with zero attached hydrogens (tertiary/aromatic N) is 8. The van der Waals surface area contributed by atoms with Crippen molar-refractivity contribution in [3.8, 4) is 17.0 Å². The van der Waals surface area contributed by atoms with Gasteiger partial charge >= 0.3 is 0 Å². The molecule has 0 amide bonds. The van der Waals surface area contributed by atoms with Crippen molar-refractivity contribution in [2.45, 2.75) is 33.2 Å². The van der Waals surface area contributed by atoms with Crippen LogP contribution in [-0.4, -0.2) is 72.0 Å². The van der Waals surface area contributed by atoms with Crippen molar-refractivity contribution in [1.82, 2.24) is 24.7 Å². The number of sulfonamides is 1. The molecular weight excluding hydrogens is 662 g/mol. The number of rotatable bonds is 10. The monoisotopic (exact) mass is 695 g/mol. The van der Waals surface area contributed by atoms with E-state index in [0.29, 0.717) is 38.9 Å². The Hall–Kier alpha value is -4.57. The SMILES string of the molecule is C=Nc1ccc(Nc2nc(Nc3cc4c(nc3OC)N(C(C)C)CCc3c-4cnn3C)ncc2Br)c(NS(C)(=O)=O)c1N=CC. The van der Waals surface area contributed by atoms with Crippen LogP contribution in [0.4, 0.5) is 46.0 Å². The number of methoxy groups -OCH3 is 1. The molecule has 16 heteroatoms. The van der Waals surface area contributed by atoms with Crippen LogP contribution in [0.25, 0.3) is 11.1 Å². The zero-order valence-electron chi connectivity index (χ0n) is 25.8. The van der Waals surface area contributed by atoms with Gasteiger partial charge in [0.15, 0.2) is 0 Å². The normalized spacial score (nSPS) is 12.9. The number of benzene rings is 1. The van der Waals surface area contributed by atoms with Gasteiger partial charge in [-0.3, -0.25) is 19.4 Å². The molecule has 0 fully saturated rings. The minimum atomic E-state index is -3.68. The molecule has 236 valence electrons. The van der Waals surface area contributed by atoms with Gasteiger partial charge in [0.05, 0.1) is 41.1 Å². The van der Waals surface area contributed by atoms with Crippen LogP contribution in [0.1, 0.15) is 26.5 Å². The van der Waals surface area contributed by atoms with Gasteiger partial charge < -0.3 is 20.3 Å². The predicted molar refractivity (Wildman–Crippen MR) is 183 cm³/mol. The highest BCUT2D eigenvalue weighted by molar-refractivity contribution is 9.10. The van der Waals surface area contributed by atoms with E-state index in [9.17, 15) is 8.42 Å². The average molecular weight is 697 g/mol. The fourth-order valence-electron chi connectivity index (χ4n) is 5.09. The van der Waals surface area contributed by atoms with E-state index in [0.717, 1.165) is 41.9 Å². The Kier molecular flexibility index (Phi) is 9.06. The minimum Gasteiger partial charge on any atom is -0.479 e. The molecule has 14 nitrogen and oxygen atoms in total. The molecule has 0 saturated heterocycles. The van der Waals surface area contributed by atoms with Crippen LogP contribution < -0.4 is 25.0 Å². The van der Waals surface area contributed by atoms with Crippen molar-refractivity contribution in [2.24, 2.45) is 17.0 Å². The first-order valence-corrected chi connectivity index (χ1v) is 16.7. The Labute approximate surface area is 270 Å². The molecular formula is C29H34BrN11O3S. The van der Waals surface area contributed by atoms with Crippen LogP contribution in [0.2, 0.25) is 0 Å². The maximum absolute atomic E-state index is 12.3. The molecule has 0 radical (unpaired) electrons. The molecule has 4 heterocycles. The molecule has 3 N–H and O–H groups in total. The average Bonchev–Trinajstić information content (AvgIpc) is 3.27. The Morgan fingerprint density at radius 3 is 2.60 bits per heavy atom. The van der Waals surface area contributed by atoms with Gasteiger partial charge in [0.1, 0.15) is 23.0 Å². The van der Waals surface area contributed by atoms with Crippen LogP contribution in [0, 0.1) is 0 Å². The number of aliphatic imine (C=N–C) groups is 2. The van der Waals surface area contributed by atoms with E-state index in [2.05, 4.69) is 81.8 Å². The summed E-state index contributed by atoms with van der Waals surface area (Å²) in [5.41, 5.74) is 4.89. The fourth-order valence-corrected chi connectivity index (χ4v) is 5.96. The van der Waals surface area contributed by atoms with Crippen LogP contribution in [0.15, 0.2) is 45.1 Å². The summed E-state index contributed by atoms with van der Waals surface area (Å²) >= 11 is 3.50. The van der Waals surface area contributed by atoms with E-state index in [-0.39, 0.29) is 17.7 Å². The molecule has 5 rings (SSSR count). The fraction of sp³-hybridized carbons (Fsp3) is 0.310. The maximum atomic E-state index is 12.3. The highest BCUT2D eigenvalue weighted by Gasteiger charge is 2.28. The standard InChI is InChI=1S/C29H34BrN11O3S/c1-8-32-24-20(31-4)9-10-21(25(24)39-45(7,42)43)35-26-19(30)15-33-29(37-26)36-22-13-17-18-14-34-40(5)23(18)11-12-41(16(2)3)27(17)38-28(22)44-6/h8-10,13-16,39H,4,11-12H2,1-3,5-7H3,(H2,33,35,36,37). The molecule has 0 saturated carbocycles. The lowest BCUT2D eigenvalue weighted by Gasteiger charge is -2.28. The molecule has 4 aromatic rings. The number of aromatic nitrogens is 5. The highest BCUT2D eigenvalue weighted by atomic mass is 79.9. The van der Waals surface area contributed by atoms with Gasteiger partial charge in [-0.15, -0.1) is 0 Å². The number of fused-ring (bicyclic) bond motifs is 3. The first kappa shape index (κ1) is 31.8. The van der Waals surface area contributed by atoms with E-state index >= 15 is 0 Å². The number of hydrogen-bond donors (Lipinski definition) is 3. The number of halogens is 1. The quantitative estimate of drug-likeness (QED) is 0.175. The number of aryl methyl sites for hydroxylation is 1. The molecule has 45 heavy (non-hydrogen) atoms. The second kappa shape index (κ2) is 12.8. The predicted octanol–water partition coefficient (Wildman–Crippen LogP) is 5.73. The molecule has 3 aromatic heterocycles. The summed E-state index contributed by atoms with van der Waals surface area (Å²) in [6.45, 7) is 10.4. The van der Waals surface area contributed by atoms with Crippen molar-refractivity contribution in [2.75, 3.05) is 40.2 Å². The lowest BCUT2D eigenvalue weighted by atomic mass is 10.1. The zero-order chi connectivity index (χ0) is 32.5. The van der Waals surface area contributed by atoms with Gasteiger partial charge in [0.25, 0.3) is 0 Å². The molecule has 0 spiro atoms. The second-order valence-electron chi connectivity index (χ2n) is 10.5. The van der Waals surface area contributed by atoms with Gasteiger partial charge in [-0.25, -0.2) is 13.4 Å². The summed E-state index contributed by atoms with van der Waals surface area (Å²) in [5.74, 6) is 1.79. The second-order valence-corrected chi connectivity index (χ2v) is 13.1. The molecule has 0 aliphatic carbocycles. The Balaban J connectivity index is 1.56. The minimum absolute atomic E-state index is 0.194. The number of ether oxygens (including phenoxy) is 1. The lowest BCUT2D eigenvalue weighted by Crippen LogP contribution is -2.33. The van der Waals surface area contributed by atoms with Crippen molar-refractivity contribution in [3.63, 3.8) is 0 Å². The summed E-state index contributed by atoms with van der Waals surface area (Å²) < 4.78 is 35.3. The summed E-state index contributed by atoms with van der Waals surface area (Å²) in [6.07, 6.45) is 6.86. The zero-order valence-corrected chi connectivity index (χ0v) is 28.2. The largest absolute Gasteiger partial charge is 0.479 e. The summed E-state index contributed by atoms with van der Waals surface area (Å²) in [5, 5.41) is 11.0. The number of pyridine rings is 1. The topological polar surface area (TPSA) is 164 Å².